The van der Waals surface area contributed by atoms with Gasteiger partial charge in [0.1, 0.15) is 24.2 Å². The van der Waals surface area contributed by atoms with Crippen LogP contribution in [0.15, 0.2) is 48.5 Å². The number of para-hydroxylation sites is 2. The molecule has 0 spiro atoms. The van der Waals surface area contributed by atoms with Crippen LogP contribution in [0.2, 0.25) is 0 Å². The van der Waals surface area contributed by atoms with Crippen molar-refractivity contribution in [1.29, 1.82) is 0 Å². The molecule has 0 saturated heterocycles. The Balaban J connectivity index is 1.68. The first-order valence-electron chi connectivity index (χ1n) is 8.46. The van der Waals surface area contributed by atoms with Crippen LogP contribution < -0.4 is 14.8 Å². The Morgan fingerprint density at radius 2 is 1.85 bits per heavy atom. The largest absolute Gasteiger partial charge is 0.497 e. The smallest absolute Gasteiger partial charge is 0.204 e. The van der Waals surface area contributed by atoms with Gasteiger partial charge in [-0.3, -0.25) is 0 Å². The first kappa shape index (κ1) is 18.0. The number of aromatic nitrogens is 2. The van der Waals surface area contributed by atoms with Crippen LogP contribution in [0.4, 0.5) is 5.95 Å². The fourth-order valence-corrected chi connectivity index (χ4v) is 2.69. The summed E-state index contributed by atoms with van der Waals surface area (Å²) in [6, 6.07) is 14.9. The normalized spacial score (nSPS) is 12.1. The quantitative estimate of drug-likeness (QED) is 0.542. The third-order valence-electron chi connectivity index (χ3n) is 3.94. The molecule has 0 aliphatic rings. The van der Waals surface area contributed by atoms with E-state index in [9.17, 15) is 5.11 Å². The number of imidazole rings is 1. The van der Waals surface area contributed by atoms with E-state index in [0.717, 1.165) is 16.8 Å². The van der Waals surface area contributed by atoms with Crippen molar-refractivity contribution in [2.75, 3.05) is 32.2 Å². The predicted octanol–water partition coefficient (Wildman–Crippen LogP) is 1.89. The summed E-state index contributed by atoms with van der Waals surface area (Å²) < 4.78 is 12.7. The maximum atomic E-state index is 10.4. The number of ether oxygens (including phenoxy) is 2. The lowest BCUT2D eigenvalue weighted by molar-refractivity contribution is 0.0938. The molecule has 0 fully saturated rings. The molecular weight excluding hydrogens is 334 g/mol. The van der Waals surface area contributed by atoms with Crippen LogP contribution in [0.5, 0.6) is 11.5 Å². The predicted molar refractivity (Wildman–Crippen MR) is 99.8 cm³/mol. The van der Waals surface area contributed by atoms with E-state index in [0.29, 0.717) is 24.8 Å². The van der Waals surface area contributed by atoms with Gasteiger partial charge < -0.3 is 29.6 Å². The minimum Gasteiger partial charge on any atom is -0.497 e. The van der Waals surface area contributed by atoms with Crippen molar-refractivity contribution in [3.63, 3.8) is 0 Å². The zero-order valence-corrected chi connectivity index (χ0v) is 14.6. The lowest BCUT2D eigenvalue weighted by Crippen LogP contribution is -2.25. The highest BCUT2D eigenvalue weighted by Gasteiger charge is 2.14. The molecule has 7 nitrogen and oxygen atoms in total. The first-order valence-corrected chi connectivity index (χ1v) is 8.46. The second-order valence-corrected chi connectivity index (χ2v) is 5.83. The molecule has 7 heteroatoms. The van der Waals surface area contributed by atoms with Gasteiger partial charge in [-0.2, -0.15) is 0 Å². The van der Waals surface area contributed by atoms with Gasteiger partial charge in [0.05, 0.1) is 31.3 Å². The van der Waals surface area contributed by atoms with Crippen molar-refractivity contribution in [1.82, 2.24) is 9.55 Å². The summed E-state index contributed by atoms with van der Waals surface area (Å²) in [5.74, 6) is 2.03. The van der Waals surface area contributed by atoms with Gasteiger partial charge in [0.15, 0.2) is 0 Å². The number of anilines is 1. The van der Waals surface area contributed by atoms with E-state index in [4.69, 9.17) is 14.6 Å². The molecule has 0 saturated carbocycles. The number of hydrogen-bond donors (Lipinski definition) is 3. The number of fused-ring (bicyclic) bond motifs is 1. The standard InChI is InChI=1S/C19H23N3O4/c1-25-15-6-8-16(9-7-15)26-13-14(24)12-22-18-5-3-2-4-17(18)21-19(22)20-10-11-23/h2-9,14,23-24H,10-13H2,1H3,(H,20,21). The molecule has 1 heterocycles. The van der Waals surface area contributed by atoms with E-state index >= 15 is 0 Å². The SMILES string of the molecule is COc1ccc(OCC(O)Cn2c(NCCO)nc3ccccc32)cc1. The molecule has 3 aromatic rings. The Kier molecular flexibility index (Phi) is 5.93. The van der Waals surface area contributed by atoms with Gasteiger partial charge in [0.2, 0.25) is 5.95 Å². The number of methoxy groups -OCH3 is 1. The van der Waals surface area contributed by atoms with E-state index in [1.807, 2.05) is 41.0 Å². The highest BCUT2D eigenvalue weighted by Crippen LogP contribution is 2.21. The number of rotatable bonds is 9. The van der Waals surface area contributed by atoms with Crippen molar-refractivity contribution in [3.8, 4) is 11.5 Å². The van der Waals surface area contributed by atoms with Gasteiger partial charge in [0.25, 0.3) is 0 Å². The second-order valence-electron chi connectivity index (χ2n) is 5.83. The molecule has 0 amide bonds. The van der Waals surface area contributed by atoms with Crippen LogP contribution in [0, 0.1) is 0 Å². The molecule has 0 bridgehead atoms. The molecule has 26 heavy (non-hydrogen) atoms. The molecule has 3 N–H and O–H groups in total. The van der Waals surface area contributed by atoms with Crippen molar-refractivity contribution in [3.05, 3.63) is 48.5 Å². The molecule has 138 valence electrons. The number of aliphatic hydroxyl groups is 2. The van der Waals surface area contributed by atoms with Crippen LogP contribution in [0.1, 0.15) is 0 Å². The third kappa shape index (κ3) is 4.25. The van der Waals surface area contributed by atoms with Gasteiger partial charge in [-0.1, -0.05) is 12.1 Å². The summed E-state index contributed by atoms with van der Waals surface area (Å²) in [4.78, 5) is 4.52. The molecule has 0 radical (unpaired) electrons. The lowest BCUT2D eigenvalue weighted by Gasteiger charge is -2.16. The van der Waals surface area contributed by atoms with Crippen LogP contribution in [0.3, 0.4) is 0 Å². The first-order chi connectivity index (χ1) is 12.7. The zero-order chi connectivity index (χ0) is 18.4. The maximum absolute atomic E-state index is 10.4. The molecule has 0 aliphatic carbocycles. The topological polar surface area (TPSA) is 88.8 Å². The molecule has 3 rings (SSSR count). The van der Waals surface area contributed by atoms with Gasteiger partial charge in [-0.25, -0.2) is 4.98 Å². The van der Waals surface area contributed by atoms with Crippen molar-refractivity contribution in [2.24, 2.45) is 0 Å². The minimum atomic E-state index is -0.718. The summed E-state index contributed by atoms with van der Waals surface area (Å²) in [5.41, 5.74) is 1.74. The van der Waals surface area contributed by atoms with Crippen molar-refractivity contribution < 1.29 is 19.7 Å². The molecular formula is C19H23N3O4. The van der Waals surface area contributed by atoms with Gasteiger partial charge >= 0.3 is 0 Å². The van der Waals surface area contributed by atoms with E-state index in [-0.39, 0.29) is 13.2 Å². The number of benzene rings is 2. The third-order valence-corrected chi connectivity index (χ3v) is 3.94. The molecule has 2 aromatic carbocycles. The van der Waals surface area contributed by atoms with Gasteiger partial charge in [-0.05, 0) is 36.4 Å². The Morgan fingerprint density at radius 1 is 1.12 bits per heavy atom. The number of aliphatic hydroxyl groups excluding tert-OH is 2. The van der Waals surface area contributed by atoms with E-state index in [1.54, 1.807) is 19.2 Å². The van der Waals surface area contributed by atoms with Crippen LogP contribution in [-0.2, 0) is 6.54 Å². The number of nitrogens with one attached hydrogen (secondary N) is 1. The molecule has 1 aromatic heterocycles. The Bertz CT molecular complexity index is 832. The summed E-state index contributed by atoms with van der Waals surface area (Å²) in [6.45, 7) is 0.872. The zero-order valence-electron chi connectivity index (χ0n) is 14.6. The maximum Gasteiger partial charge on any atom is 0.204 e. The summed E-state index contributed by atoms with van der Waals surface area (Å²) in [6.07, 6.45) is -0.718. The second kappa shape index (κ2) is 8.55. The van der Waals surface area contributed by atoms with Crippen molar-refractivity contribution >= 4 is 17.0 Å². The minimum absolute atomic E-state index is 0.00629. The molecule has 1 atom stereocenters. The Morgan fingerprint density at radius 3 is 2.58 bits per heavy atom. The Labute approximate surface area is 151 Å². The van der Waals surface area contributed by atoms with Gasteiger partial charge in [-0.15, -0.1) is 0 Å². The average Bonchev–Trinajstić information content (AvgIpc) is 3.02. The van der Waals surface area contributed by atoms with E-state index in [1.165, 1.54) is 0 Å². The van der Waals surface area contributed by atoms with E-state index in [2.05, 4.69) is 10.3 Å². The van der Waals surface area contributed by atoms with Crippen LogP contribution >= 0.6 is 0 Å². The number of nitrogens with zero attached hydrogens (tertiary/aromatic N) is 2. The monoisotopic (exact) mass is 357 g/mol. The van der Waals surface area contributed by atoms with E-state index < -0.39 is 6.10 Å². The lowest BCUT2D eigenvalue weighted by atomic mass is 10.3. The number of hydrogen-bond acceptors (Lipinski definition) is 6. The fourth-order valence-electron chi connectivity index (χ4n) is 2.69. The van der Waals surface area contributed by atoms with Gasteiger partial charge in [0, 0.05) is 6.54 Å². The Hall–Kier alpha value is -2.77. The molecule has 0 aliphatic heterocycles. The summed E-state index contributed by atoms with van der Waals surface area (Å²) in [7, 11) is 1.61. The van der Waals surface area contributed by atoms with Crippen LogP contribution in [0.25, 0.3) is 11.0 Å². The van der Waals surface area contributed by atoms with Crippen molar-refractivity contribution in [2.45, 2.75) is 12.6 Å². The average molecular weight is 357 g/mol. The highest BCUT2D eigenvalue weighted by atomic mass is 16.5. The fraction of sp³-hybridized carbons (Fsp3) is 0.316. The summed E-state index contributed by atoms with van der Waals surface area (Å²) in [5, 5.41) is 22.5. The molecule has 1 unspecified atom stereocenters. The summed E-state index contributed by atoms with van der Waals surface area (Å²) >= 11 is 0. The van der Waals surface area contributed by atoms with Crippen LogP contribution in [-0.4, -0.2) is 52.7 Å². The highest BCUT2D eigenvalue weighted by molar-refractivity contribution is 5.78.